The largest absolute Gasteiger partial charge is 0.393 e. The zero-order valence-corrected chi connectivity index (χ0v) is 11.0. The van der Waals surface area contributed by atoms with Gasteiger partial charge in [0.05, 0.1) is 11.6 Å². The molecule has 1 aliphatic heterocycles. The predicted molar refractivity (Wildman–Crippen MR) is 64.8 cm³/mol. The van der Waals surface area contributed by atoms with Crippen LogP contribution in [0, 0.1) is 0 Å². The van der Waals surface area contributed by atoms with E-state index in [2.05, 4.69) is 4.98 Å². The first-order valence-corrected chi connectivity index (χ1v) is 6.05. The number of rotatable bonds is 3. The molecule has 11 heteroatoms. The van der Waals surface area contributed by atoms with E-state index in [9.17, 15) is 23.1 Å². The Morgan fingerprint density at radius 1 is 1.62 bits per heavy atom. The number of hydrogen-bond donors (Lipinski definition) is 3. The number of hydrogen-bond acceptors (Lipinski definition) is 6. The Morgan fingerprint density at radius 2 is 2.24 bits per heavy atom. The van der Waals surface area contributed by atoms with Gasteiger partial charge < -0.3 is 20.7 Å². The number of nitrogens with zero attached hydrogens (tertiary/aromatic N) is 2. The normalized spacial score (nSPS) is 32.8. The van der Waals surface area contributed by atoms with Gasteiger partial charge in [-0.15, -0.1) is 0 Å². The third-order valence-electron chi connectivity index (χ3n) is 3.24. The molecule has 7 nitrogen and oxygen atoms in total. The van der Waals surface area contributed by atoms with E-state index < -0.39 is 42.8 Å². The fourth-order valence-corrected chi connectivity index (χ4v) is 2.16. The quantitative estimate of drug-likeness (QED) is 0.702. The molecule has 0 amide bonds. The van der Waals surface area contributed by atoms with Crippen molar-refractivity contribution < 1.29 is 28.1 Å². The van der Waals surface area contributed by atoms with Crippen molar-refractivity contribution in [3.8, 4) is 0 Å². The van der Waals surface area contributed by atoms with E-state index in [1.54, 1.807) is 0 Å². The van der Waals surface area contributed by atoms with Crippen molar-refractivity contribution in [1.29, 1.82) is 0 Å². The Morgan fingerprint density at radius 3 is 2.71 bits per heavy atom. The lowest BCUT2D eigenvalue weighted by Crippen LogP contribution is -2.51. The number of nitrogens with two attached hydrogens (primary N) is 1. The zero-order chi connectivity index (χ0) is 15.9. The van der Waals surface area contributed by atoms with Gasteiger partial charge in [-0.05, 0) is 0 Å². The van der Waals surface area contributed by atoms with Gasteiger partial charge in [0.25, 0.3) is 6.43 Å². The summed E-state index contributed by atoms with van der Waals surface area (Å²) in [5, 5.41) is 18.4. The Kier molecular flexibility index (Phi) is 4.15. The van der Waals surface area contributed by atoms with Gasteiger partial charge in [0, 0.05) is 6.20 Å². The van der Waals surface area contributed by atoms with Crippen molar-refractivity contribution in [2.45, 2.75) is 30.5 Å². The standard InChI is InChI=1S/C10H11ClF3N3O4/c11-3-1-17(9(20)16-6(3)15)7-4(12)5(19)10(2-18,21-7)8(13)14/h1,4-5,7-8,18-19H,2H2,(H2,15,16,20)/t4?,5?,7-,10-/m1/s1. The second-order valence-electron chi connectivity index (χ2n) is 4.48. The SMILES string of the molecule is Nc1nc(=O)n([C@@H]2O[C@@](CO)(C(F)F)C(O)C2F)cc1Cl. The van der Waals surface area contributed by atoms with Gasteiger partial charge in [0.15, 0.2) is 18.0 Å². The summed E-state index contributed by atoms with van der Waals surface area (Å²) in [4.78, 5) is 14.9. The molecule has 0 bridgehead atoms. The molecule has 2 unspecified atom stereocenters. The van der Waals surface area contributed by atoms with Crippen molar-refractivity contribution in [2.75, 3.05) is 12.3 Å². The zero-order valence-electron chi connectivity index (χ0n) is 10.3. The summed E-state index contributed by atoms with van der Waals surface area (Å²) in [6.45, 7) is -1.34. The maximum absolute atomic E-state index is 14.0. The van der Waals surface area contributed by atoms with Crippen LogP contribution in [0.3, 0.4) is 0 Å². The Balaban J connectivity index is 2.47. The van der Waals surface area contributed by atoms with Crippen LogP contribution in [0.2, 0.25) is 5.02 Å². The lowest BCUT2D eigenvalue weighted by Gasteiger charge is -2.28. The second kappa shape index (κ2) is 5.44. The molecule has 1 saturated heterocycles. The summed E-state index contributed by atoms with van der Waals surface area (Å²) >= 11 is 5.63. The van der Waals surface area contributed by atoms with Crippen LogP contribution in [-0.2, 0) is 4.74 Å². The average Bonchev–Trinajstić information content (AvgIpc) is 2.68. The van der Waals surface area contributed by atoms with E-state index in [1.807, 2.05) is 0 Å². The molecule has 0 spiro atoms. The molecule has 2 rings (SSSR count). The predicted octanol–water partition coefficient (Wildman–Crippen LogP) is -0.297. The Hall–Kier alpha value is -1.36. The number of anilines is 1. The molecule has 1 aromatic rings. The van der Waals surface area contributed by atoms with Crippen LogP contribution in [0.1, 0.15) is 6.23 Å². The average molecular weight is 330 g/mol. The summed E-state index contributed by atoms with van der Waals surface area (Å²) in [7, 11) is 0. The highest BCUT2D eigenvalue weighted by Crippen LogP contribution is 2.42. The molecule has 0 aromatic carbocycles. The topological polar surface area (TPSA) is 111 Å². The van der Waals surface area contributed by atoms with Gasteiger partial charge >= 0.3 is 5.69 Å². The van der Waals surface area contributed by atoms with E-state index >= 15 is 0 Å². The van der Waals surface area contributed by atoms with Gasteiger partial charge in [-0.25, -0.2) is 18.0 Å². The van der Waals surface area contributed by atoms with E-state index in [0.29, 0.717) is 4.57 Å². The van der Waals surface area contributed by atoms with Gasteiger partial charge in [-0.1, -0.05) is 11.6 Å². The van der Waals surface area contributed by atoms with Crippen LogP contribution in [0.5, 0.6) is 0 Å². The van der Waals surface area contributed by atoms with Crippen molar-refractivity contribution in [3.05, 3.63) is 21.7 Å². The lowest BCUT2D eigenvalue weighted by atomic mass is 9.97. The maximum Gasteiger partial charge on any atom is 0.351 e. The number of alkyl halides is 3. The summed E-state index contributed by atoms with van der Waals surface area (Å²) in [6.07, 6.45) is -9.18. The molecule has 4 N–H and O–H groups in total. The number of aromatic nitrogens is 2. The first-order chi connectivity index (χ1) is 9.74. The minimum Gasteiger partial charge on any atom is -0.393 e. The maximum atomic E-state index is 14.0. The van der Waals surface area contributed by atoms with E-state index in [1.165, 1.54) is 0 Å². The third kappa shape index (κ3) is 2.37. The fraction of sp³-hybridized carbons (Fsp3) is 0.600. The molecular weight excluding hydrogens is 319 g/mol. The Bertz CT molecular complexity index is 601. The monoisotopic (exact) mass is 329 g/mol. The number of aliphatic hydroxyl groups is 2. The molecule has 118 valence electrons. The minimum absolute atomic E-state index is 0.224. The lowest BCUT2D eigenvalue weighted by molar-refractivity contribution is -0.195. The molecule has 1 aromatic heterocycles. The van der Waals surface area contributed by atoms with Gasteiger partial charge in [-0.2, -0.15) is 4.98 Å². The number of ether oxygens (including phenoxy) is 1. The van der Waals surface area contributed by atoms with Crippen molar-refractivity contribution >= 4 is 17.4 Å². The molecule has 1 aliphatic rings. The van der Waals surface area contributed by atoms with Crippen LogP contribution in [-0.4, -0.2) is 50.7 Å². The third-order valence-corrected chi connectivity index (χ3v) is 3.53. The summed E-state index contributed by atoms with van der Waals surface area (Å²) in [5.41, 5.74) is 1.34. The van der Waals surface area contributed by atoms with E-state index in [-0.39, 0.29) is 10.8 Å². The molecule has 4 atom stereocenters. The van der Waals surface area contributed by atoms with Crippen LogP contribution in [0.25, 0.3) is 0 Å². The van der Waals surface area contributed by atoms with E-state index in [4.69, 9.17) is 27.2 Å². The van der Waals surface area contributed by atoms with Crippen molar-refractivity contribution in [3.63, 3.8) is 0 Å². The molecule has 21 heavy (non-hydrogen) atoms. The highest BCUT2D eigenvalue weighted by Gasteiger charge is 2.61. The molecular formula is C10H11ClF3N3O4. The minimum atomic E-state index is -3.38. The fourth-order valence-electron chi connectivity index (χ4n) is 2.02. The first-order valence-electron chi connectivity index (χ1n) is 5.67. The highest BCUT2D eigenvalue weighted by molar-refractivity contribution is 6.32. The van der Waals surface area contributed by atoms with Gasteiger partial charge in [-0.3, -0.25) is 4.57 Å². The van der Waals surface area contributed by atoms with Crippen molar-refractivity contribution in [2.24, 2.45) is 0 Å². The first kappa shape index (κ1) is 16.0. The summed E-state index contributed by atoms with van der Waals surface area (Å²) < 4.78 is 45.3. The van der Waals surface area contributed by atoms with Crippen LogP contribution < -0.4 is 11.4 Å². The smallest absolute Gasteiger partial charge is 0.351 e. The summed E-state index contributed by atoms with van der Waals surface area (Å²) in [6, 6.07) is 0. The van der Waals surface area contributed by atoms with E-state index in [0.717, 1.165) is 6.20 Å². The Labute approximate surface area is 120 Å². The number of nitrogen functional groups attached to an aromatic ring is 1. The molecule has 0 radical (unpaired) electrons. The van der Waals surface area contributed by atoms with Crippen LogP contribution in [0.15, 0.2) is 11.0 Å². The number of halogens is 4. The number of aliphatic hydroxyl groups excluding tert-OH is 2. The molecule has 1 fully saturated rings. The van der Waals surface area contributed by atoms with Gasteiger partial charge in [0.1, 0.15) is 11.9 Å². The molecule has 2 heterocycles. The molecule has 0 aliphatic carbocycles. The van der Waals surface area contributed by atoms with Crippen LogP contribution >= 0.6 is 11.6 Å². The second-order valence-corrected chi connectivity index (χ2v) is 4.88. The van der Waals surface area contributed by atoms with Crippen molar-refractivity contribution in [1.82, 2.24) is 9.55 Å². The molecule has 0 saturated carbocycles. The van der Waals surface area contributed by atoms with Gasteiger partial charge in [0.2, 0.25) is 0 Å². The van der Waals surface area contributed by atoms with Crippen LogP contribution in [0.4, 0.5) is 19.0 Å². The summed E-state index contributed by atoms with van der Waals surface area (Å²) in [5.74, 6) is -0.325. The highest BCUT2D eigenvalue weighted by atomic mass is 35.5.